The van der Waals surface area contributed by atoms with Crippen molar-refractivity contribution in [3.8, 4) is 0 Å². The first-order chi connectivity index (χ1) is 17.0. The molecule has 3 saturated heterocycles. The minimum atomic E-state index is -0.986. The molecule has 3 fully saturated rings. The van der Waals surface area contributed by atoms with E-state index in [2.05, 4.69) is 5.32 Å². The number of amides is 1. The van der Waals surface area contributed by atoms with E-state index in [-0.39, 0.29) is 17.8 Å². The Labute approximate surface area is 217 Å². The molecule has 2 bridgehead atoms. The molecule has 2 aromatic rings. The molecule has 1 N–H and O–H groups in total. The van der Waals surface area contributed by atoms with Crippen LogP contribution >= 0.6 is 11.6 Å². The van der Waals surface area contributed by atoms with Gasteiger partial charge in [-0.25, -0.2) is 9.59 Å². The minimum absolute atomic E-state index is 0.0610. The maximum absolute atomic E-state index is 13.4. The number of nitrogens with one attached hydrogen (secondary N) is 1. The molecule has 3 aliphatic rings. The number of hydrogen-bond acceptors (Lipinski definition) is 5. The lowest BCUT2D eigenvalue weighted by Crippen LogP contribution is -2.66. The van der Waals surface area contributed by atoms with Gasteiger partial charge in [-0.3, -0.25) is 4.79 Å². The van der Waals surface area contributed by atoms with Crippen molar-refractivity contribution in [2.24, 2.45) is 5.92 Å². The van der Waals surface area contributed by atoms with Crippen LogP contribution in [0.4, 0.5) is 4.79 Å². The molecular formula is C28H34ClN2O5+. The predicted octanol–water partition coefficient (Wildman–Crippen LogP) is 4.94. The van der Waals surface area contributed by atoms with Gasteiger partial charge in [-0.1, -0.05) is 41.9 Å². The number of piperidine rings is 3. The summed E-state index contributed by atoms with van der Waals surface area (Å²) in [5.74, 6) is -0.212. The zero-order valence-electron chi connectivity index (χ0n) is 21.0. The number of ketones is 1. The first-order valence-electron chi connectivity index (χ1n) is 12.4. The molecule has 0 spiro atoms. The van der Waals surface area contributed by atoms with Crippen LogP contribution in [-0.4, -0.2) is 60.2 Å². The number of Topliss-reactive ketones (excluding diaryl/α,β-unsaturated/α-hetero) is 1. The van der Waals surface area contributed by atoms with E-state index in [9.17, 15) is 14.4 Å². The quantitative estimate of drug-likeness (QED) is 0.322. The Kier molecular flexibility index (Phi) is 7.71. The van der Waals surface area contributed by atoms with Gasteiger partial charge < -0.3 is 19.3 Å². The van der Waals surface area contributed by atoms with E-state index >= 15 is 0 Å². The molecule has 0 aliphatic carbocycles. The molecule has 2 atom stereocenters. The molecule has 7 nitrogen and oxygen atoms in total. The maximum Gasteiger partial charge on any atom is 0.408 e. The average molecular weight is 514 g/mol. The van der Waals surface area contributed by atoms with Gasteiger partial charge in [0.2, 0.25) is 5.78 Å². The summed E-state index contributed by atoms with van der Waals surface area (Å²) in [4.78, 5) is 38.9. The number of halogens is 1. The second-order valence-electron chi connectivity index (χ2n) is 10.9. The summed E-state index contributed by atoms with van der Waals surface area (Å²) in [5, 5.41) is 3.28. The molecule has 2 aromatic carbocycles. The van der Waals surface area contributed by atoms with Crippen molar-refractivity contribution in [1.29, 1.82) is 0 Å². The van der Waals surface area contributed by atoms with Gasteiger partial charge in [-0.15, -0.1) is 0 Å². The van der Waals surface area contributed by atoms with E-state index in [4.69, 9.17) is 21.1 Å². The Morgan fingerprint density at radius 2 is 1.67 bits per heavy atom. The third-order valence-electron chi connectivity index (χ3n) is 6.98. The van der Waals surface area contributed by atoms with Gasteiger partial charge in [-0.2, -0.15) is 0 Å². The number of carbonyl (C=O) groups excluding carboxylic acids is 3. The maximum atomic E-state index is 13.4. The first-order valence-corrected chi connectivity index (χ1v) is 12.8. The molecule has 0 aromatic heterocycles. The number of benzene rings is 2. The number of quaternary nitrogens is 1. The highest BCUT2D eigenvalue weighted by molar-refractivity contribution is 6.30. The van der Waals surface area contributed by atoms with Crippen molar-refractivity contribution in [2.45, 2.75) is 51.4 Å². The third kappa shape index (κ3) is 6.45. The molecule has 0 saturated carbocycles. The van der Waals surface area contributed by atoms with E-state index in [1.807, 2.05) is 18.2 Å². The second-order valence-corrected chi connectivity index (χ2v) is 11.3. The lowest BCUT2D eigenvalue weighted by molar-refractivity contribution is -0.938. The number of hydrogen-bond donors (Lipinski definition) is 1. The van der Waals surface area contributed by atoms with Crippen LogP contribution in [0.5, 0.6) is 0 Å². The monoisotopic (exact) mass is 513 g/mol. The van der Waals surface area contributed by atoms with Crippen LogP contribution in [0.2, 0.25) is 5.02 Å². The fraction of sp³-hybridized carbons (Fsp3) is 0.464. The molecule has 192 valence electrons. The van der Waals surface area contributed by atoms with Crippen LogP contribution < -0.4 is 5.32 Å². The van der Waals surface area contributed by atoms with Crippen molar-refractivity contribution < 1.29 is 28.3 Å². The summed E-state index contributed by atoms with van der Waals surface area (Å²) in [7, 11) is 0. The Bertz CT molecular complexity index is 1090. The molecule has 8 heteroatoms. The molecule has 1 amide bonds. The van der Waals surface area contributed by atoms with Gasteiger partial charge in [-0.05, 0) is 50.6 Å². The van der Waals surface area contributed by atoms with Crippen LogP contribution in [-0.2, 0) is 14.3 Å². The lowest BCUT2D eigenvalue weighted by atomic mass is 9.82. The fourth-order valence-corrected chi connectivity index (χ4v) is 5.30. The number of rotatable bonds is 7. The summed E-state index contributed by atoms with van der Waals surface area (Å²) in [6, 6.07) is 15.0. The van der Waals surface area contributed by atoms with E-state index in [0.29, 0.717) is 33.7 Å². The van der Waals surface area contributed by atoms with Gasteiger partial charge in [0, 0.05) is 29.3 Å². The minimum Gasteiger partial charge on any atom is -0.454 e. The molecule has 5 rings (SSSR count). The number of nitrogens with zero attached hydrogens (tertiary/aromatic N) is 1. The molecule has 3 heterocycles. The van der Waals surface area contributed by atoms with Gasteiger partial charge in [0.05, 0.1) is 13.1 Å². The van der Waals surface area contributed by atoms with Crippen molar-refractivity contribution in [2.75, 3.05) is 26.2 Å². The standard InChI is InChI=1S/C28H33ClN2O5/c1-28(2,3)36-27(34)30-25(21-7-5-4-6-8-21)26(33)35-24-18-31(15-13-20(24)14-16-31)17-23(32)19-9-11-22(29)12-10-19/h4-12,20,24-25H,13-18H2,1-3H3/p+1/t20?,24-,25?,31?/m0/s1. The molecule has 1 unspecified atom stereocenters. The number of carbonyl (C=O) groups is 3. The highest BCUT2D eigenvalue weighted by Crippen LogP contribution is 2.36. The Morgan fingerprint density at radius 3 is 2.28 bits per heavy atom. The SMILES string of the molecule is CC(C)(C)OC(=O)NC(C(=O)O[C@H]1C[N+]2(CC(=O)c3ccc(Cl)cc3)CCC1CC2)c1ccccc1. The van der Waals surface area contributed by atoms with E-state index in [1.54, 1.807) is 57.2 Å². The highest BCUT2D eigenvalue weighted by atomic mass is 35.5. The summed E-state index contributed by atoms with van der Waals surface area (Å²) in [6.07, 6.45) is 0.784. The Morgan fingerprint density at radius 1 is 1.03 bits per heavy atom. The summed E-state index contributed by atoms with van der Waals surface area (Å²) in [6.45, 7) is 8.02. The molecule has 3 aliphatic heterocycles. The highest BCUT2D eigenvalue weighted by Gasteiger charge is 2.49. The van der Waals surface area contributed by atoms with Crippen molar-refractivity contribution in [3.63, 3.8) is 0 Å². The van der Waals surface area contributed by atoms with Crippen LogP contribution in [0.1, 0.15) is 55.6 Å². The largest absolute Gasteiger partial charge is 0.454 e. The van der Waals surface area contributed by atoms with Crippen LogP contribution in [0, 0.1) is 5.92 Å². The molecular weight excluding hydrogens is 480 g/mol. The molecule has 0 radical (unpaired) electrons. The van der Waals surface area contributed by atoms with Gasteiger partial charge in [0.25, 0.3) is 0 Å². The fourth-order valence-electron chi connectivity index (χ4n) is 5.17. The van der Waals surface area contributed by atoms with Crippen LogP contribution in [0.3, 0.4) is 0 Å². The summed E-state index contributed by atoms with van der Waals surface area (Å²) >= 11 is 5.97. The zero-order chi connectivity index (χ0) is 25.9. The first kappa shape index (κ1) is 26.2. The van der Waals surface area contributed by atoms with E-state index in [1.165, 1.54) is 0 Å². The smallest absolute Gasteiger partial charge is 0.408 e. The number of esters is 1. The van der Waals surface area contributed by atoms with Crippen molar-refractivity contribution in [1.82, 2.24) is 5.32 Å². The normalized spacial score (nSPS) is 24.0. The predicted molar refractivity (Wildman–Crippen MR) is 137 cm³/mol. The van der Waals surface area contributed by atoms with Crippen LogP contribution in [0.15, 0.2) is 54.6 Å². The van der Waals surface area contributed by atoms with Crippen molar-refractivity contribution >= 4 is 29.4 Å². The zero-order valence-corrected chi connectivity index (χ0v) is 21.8. The third-order valence-corrected chi connectivity index (χ3v) is 7.24. The van der Waals surface area contributed by atoms with E-state index in [0.717, 1.165) is 25.9 Å². The van der Waals surface area contributed by atoms with Crippen molar-refractivity contribution in [3.05, 3.63) is 70.7 Å². The second kappa shape index (κ2) is 10.6. The summed E-state index contributed by atoms with van der Waals surface area (Å²) in [5.41, 5.74) is 0.563. The van der Waals surface area contributed by atoms with Gasteiger partial charge >= 0.3 is 12.1 Å². The number of alkyl carbamates (subject to hydrolysis) is 1. The summed E-state index contributed by atoms with van der Waals surface area (Å²) < 4.78 is 12.0. The number of fused-ring (bicyclic) bond motifs is 3. The van der Waals surface area contributed by atoms with Gasteiger partial charge in [0.1, 0.15) is 18.7 Å². The van der Waals surface area contributed by atoms with Gasteiger partial charge in [0.15, 0.2) is 12.1 Å². The average Bonchev–Trinajstić information content (AvgIpc) is 2.83. The van der Waals surface area contributed by atoms with Crippen LogP contribution in [0.25, 0.3) is 0 Å². The number of ether oxygens (including phenoxy) is 2. The topological polar surface area (TPSA) is 81.7 Å². The Balaban J connectivity index is 1.46. The molecule has 36 heavy (non-hydrogen) atoms. The Hall–Kier alpha value is -2.90. The van der Waals surface area contributed by atoms with E-state index < -0.39 is 23.7 Å². The lowest BCUT2D eigenvalue weighted by Gasteiger charge is -2.51.